The van der Waals surface area contributed by atoms with Crippen molar-refractivity contribution in [2.45, 2.75) is 25.2 Å². The Labute approximate surface area is 65.4 Å². The van der Waals surface area contributed by atoms with E-state index in [-0.39, 0.29) is 12.5 Å². The number of rotatable bonds is 1. The summed E-state index contributed by atoms with van der Waals surface area (Å²) in [4.78, 5) is 0. The summed E-state index contributed by atoms with van der Waals surface area (Å²) in [5.41, 5.74) is 0. The minimum atomic E-state index is -0.955. The van der Waals surface area contributed by atoms with Gasteiger partial charge in [0.25, 0.3) is 0 Å². The van der Waals surface area contributed by atoms with Gasteiger partial charge < -0.3 is 20.1 Å². The average molecular weight is 162 g/mol. The normalized spacial score (nSPS) is 45.8. The monoisotopic (exact) mass is 162 g/mol. The third-order valence-electron chi connectivity index (χ3n) is 2.07. The Morgan fingerprint density at radius 1 is 1.36 bits per heavy atom. The second-order valence-electron chi connectivity index (χ2n) is 3.01. The molecule has 2 unspecified atom stereocenters. The van der Waals surface area contributed by atoms with Crippen LogP contribution in [-0.2, 0) is 4.74 Å². The van der Waals surface area contributed by atoms with Crippen LogP contribution in [-0.4, -0.2) is 46.8 Å². The zero-order valence-corrected chi connectivity index (χ0v) is 6.47. The van der Waals surface area contributed by atoms with Crippen LogP contribution < -0.4 is 0 Å². The molecular weight excluding hydrogens is 148 g/mol. The maximum Gasteiger partial charge on any atom is 0.109 e. The van der Waals surface area contributed by atoms with Crippen molar-refractivity contribution in [2.24, 2.45) is 5.92 Å². The Balaban J connectivity index is 2.52. The van der Waals surface area contributed by atoms with E-state index in [9.17, 15) is 10.2 Å². The van der Waals surface area contributed by atoms with Crippen LogP contribution in [0.5, 0.6) is 0 Å². The topological polar surface area (TPSA) is 69.9 Å². The molecule has 3 N–H and O–H groups in total. The van der Waals surface area contributed by atoms with E-state index in [1.807, 2.05) is 0 Å². The van der Waals surface area contributed by atoms with Gasteiger partial charge in [-0.2, -0.15) is 0 Å². The summed E-state index contributed by atoms with van der Waals surface area (Å²) in [6.07, 6.45) is -2.36. The Morgan fingerprint density at radius 3 is 2.55 bits per heavy atom. The molecule has 1 saturated heterocycles. The van der Waals surface area contributed by atoms with Crippen LogP contribution in [0.25, 0.3) is 0 Å². The number of hydrogen-bond acceptors (Lipinski definition) is 4. The quantitative estimate of drug-likeness (QED) is 0.450. The molecule has 1 fully saturated rings. The first-order chi connectivity index (χ1) is 5.16. The van der Waals surface area contributed by atoms with E-state index >= 15 is 0 Å². The van der Waals surface area contributed by atoms with E-state index in [4.69, 9.17) is 9.84 Å². The summed E-state index contributed by atoms with van der Waals surface area (Å²) >= 11 is 0. The van der Waals surface area contributed by atoms with Gasteiger partial charge in [-0.15, -0.1) is 0 Å². The number of hydrogen-bond donors (Lipinski definition) is 3. The Bertz CT molecular complexity index is 126. The van der Waals surface area contributed by atoms with Gasteiger partial charge in [0.05, 0.1) is 19.3 Å². The van der Waals surface area contributed by atoms with Crippen molar-refractivity contribution < 1.29 is 20.1 Å². The van der Waals surface area contributed by atoms with Gasteiger partial charge in [0, 0.05) is 5.92 Å². The van der Waals surface area contributed by atoms with Crippen LogP contribution in [0, 0.1) is 5.92 Å². The van der Waals surface area contributed by atoms with E-state index in [1.165, 1.54) is 0 Å². The molecule has 0 aromatic heterocycles. The summed E-state index contributed by atoms with van der Waals surface area (Å²) in [7, 11) is 0. The van der Waals surface area contributed by atoms with Crippen LogP contribution >= 0.6 is 0 Å². The van der Waals surface area contributed by atoms with Crippen LogP contribution in [0.3, 0.4) is 0 Å². The first-order valence-electron chi connectivity index (χ1n) is 3.75. The van der Waals surface area contributed by atoms with Crippen molar-refractivity contribution in [2.75, 3.05) is 13.2 Å². The molecule has 4 atom stereocenters. The summed E-state index contributed by atoms with van der Waals surface area (Å²) in [6, 6.07) is 0. The molecule has 0 amide bonds. The van der Waals surface area contributed by atoms with Gasteiger partial charge in [-0.05, 0) is 0 Å². The maximum atomic E-state index is 9.31. The molecule has 1 rings (SSSR count). The molecule has 11 heavy (non-hydrogen) atoms. The second-order valence-corrected chi connectivity index (χ2v) is 3.01. The van der Waals surface area contributed by atoms with Gasteiger partial charge in [-0.1, -0.05) is 6.92 Å². The van der Waals surface area contributed by atoms with Crippen molar-refractivity contribution in [1.82, 2.24) is 0 Å². The van der Waals surface area contributed by atoms with E-state index in [2.05, 4.69) is 0 Å². The highest BCUT2D eigenvalue weighted by molar-refractivity contribution is 4.84. The van der Waals surface area contributed by atoms with Crippen molar-refractivity contribution in [3.8, 4) is 0 Å². The molecule has 0 aromatic carbocycles. The Hall–Kier alpha value is -0.160. The largest absolute Gasteiger partial charge is 0.394 e. The summed E-state index contributed by atoms with van der Waals surface area (Å²) in [6.45, 7) is 1.94. The van der Waals surface area contributed by atoms with Crippen molar-refractivity contribution in [3.63, 3.8) is 0 Å². The summed E-state index contributed by atoms with van der Waals surface area (Å²) in [5.74, 6) is -0.0622. The summed E-state index contributed by atoms with van der Waals surface area (Å²) in [5, 5.41) is 27.2. The first kappa shape index (κ1) is 8.93. The van der Waals surface area contributed by atoms with Crippen molar-refractivity contribution >= 4 is 0 Å². The smallest absolute Gasteiger partial charge is 0.109 e. The molecule has 66 valence electrons. The number of aliphatic hydroxyl groups is 3. The highest BCUT2D eigenvalue weighted by Crippen LogP contribution is 2.19. The highest BCUT2D eigenvalue weighted by Gasteiger charge is 2.35. The molecule has 0 bridgehead atoms. The Morgan fingerprint density at radius 2 is 2.00 bits per heavy atom. The average Bonchev–Trinajstić information content (AvgIpc) is 2.01. The number of ether oxygens (including phenoxy) is 1. The van der Waals surface area contributed by atoms with Crippen molar-refractivity contribution in [1.29, 1.82) is 0 Å². The fourth-order valence-corrected chi connectivity index (χ4v) is 1.19. The molecule has 0 aliphatic carbocycles. The molecular formula is C7H14O4. The van der Waals surface area contributed by atoms with Crippen LogP contribution in [0.2, 0.25) is 0 Å². The molecule has 0 saturated carbocycles. The lowest BCUT2D eigenvalue weighted by Crippen LogP contribution is -2.50. The minimum Gasteiger partial charge on any atom is -0.394 e. The SMILES string of the molecule is CC1COC(CO)[C@@H](O)[C@@H]1O. The van der Waals surface area contributed by atoms with Gasteiger partial charge in [0.1, 0.15) is 12.2 Å². The maximum absolute atomic E-state index is 9.31. The number of aliphatic hydroxyl groups excluding tert-OH is 3. The van der Waals surface area contributed by atoms with Crippen LogP contribution in [0.4, 0.5) is 0 Å². The van der Waals surface area contributed by atoms with E-state index in [1.54, 1.807) is 6.92 Å². The zero-order chi connectivity index (χ0) is 8.43. The van der Waals surface area contributed by atoms with Gasteiger partial charge in [0.2, 0.25) is 0 Å². The van der Waals surface area contributed by atoms with Crippen LogP contribution in [0.1, 0.15) is 6.92 Å². The lowest BCUT2D eigenvalue weighted by Gasteiger charge is -2.35. The van der Waals surface area contributed by atoms with Gasteiger partial charge in [-0.25, -0.2) is 0 Å². The second kappa shape index (κ2) is 3.49. The fraction of sp³-hybridized carbons (Fsp3) is 1.00. The van der Waals surface area contributed by atoms with E-state index < -0.39 is 18.3 Å². The van der Waals surface area contributed by atoms with E-state index in [0.717, 1.165) is 0 Å². The molecule has 4 nitrogen and oxygen atoms in total. The predicted molar refractivity (Wildman–Crippen MR) is 38.0 cm³/mol. The van der Waals surface area contributed by atoms with Crippen molar-refractivity contribution in [3.05, 3.63) is 0 Å². The standard InChI is InChI=1S/C7H14O4/c1-4-3-11-5(2-8)7(10)6(4)9/h4-10H,2-3H2,1H3/t4?,5?,6-,7-/m1/s1. The lowest BCUT2D eigenvalue weighted by molar-refractivity contribution is -0.170. The molecule has 1 aliphatic rings. The predicted octanol–water partition coefficient (Wildman–Crippen LogP) is -1.26. The zero-order valence-electron chi connectivity index (χ0n) is 6.47. The molecule has 1 heterocycles. The Kier molecular flexibility index (Phi) is 2.84. The fourth-order valence-electron chi connectivity index (χ4n) is 1.19. The molecule has 4 heteroatoms. The first-order valence-corrected chi connectivity index (χ1v) is 3.75. The third kappa shape index (κ3) is 1.70. The lowest BCUT2D eigenvalue weighted by atomic mass is 9.94. The molecule has 0 spiro atoms. The highest BCUT2D eigenvalue weighted by atomic mass is 16.5. The van der Waals surface area contributed by atoms with Crippen LogP contribution in [0.15, 0.2) is 0 Å². The summed E-state index contributed by atoms with van der Waals surface area (Å²) < 4.78 is 5.06. The van der Waals surface area contributed by atoms with Gasteiger partial charge >= 0.3 is 0 Å². The minimum absolute atomic E-state index is 0.0622. The van der Waals surface area contributed by atoms with Gasteiger partial charge in [0.15, 0.2) is 0 Å². The van der Waals surface area contributed by atoms with E-state index in [0.29, 0.717) is 6.61 Å². The van der Waals surface area contributed by atoms with Gasteiger partial charge in [-0.3, -0.25) is 0 Å². The molecule has 0 aromatic rings. The molecule has 1 aliphatic heterocycles. The molecule has 0 radical (unpaired) electrons. The third-order valence-corrected chi connectivity index (χ3v) is 2.07.